The molecule has 2 rings (SSSR count). The third-order valence-electron chi connectivity index (χ3n) is 8.29. The van der Waals surface area contributed by atoms with E-state index in [2.05, 4.69) is 23.9 Å². The van der Waals surface area contributed by atoms with Crippen LogP contribution in [0.1, 0.15) is 129 Å². The Labute approximate surface area is 242 Å². The van der Waals surface area contributed by atoms with Crippen molar-refractivity contribution in [3.8, 4) is 0 Å². The molecule has 40 heavy (non-hydrogen) atoms. The predicted molar refractivity (Wildman–Crippen MR) is 167 cm³/mol. The average molecular weight is 562 g/mol. The molecule has 0 aromatic carbocycles. The first-order valence-electron chi connectivity index (χ1n) is 16.3. The van der Waals surface area contributed by atoms with Crippen LogP contribution in [-0.2, 0) is 20.6 Å². The molecule has 1 unspecified atom stereocenters. The van der Waals surface area contributed by atoms with Crippen LogP contribution < -0.4 is 11.2 Å². The first-order valence-corrected chi connectivity index (χ1v) is 16.3. The normalized spacial score (nSPS) is 12.7. The van der Waals surface area contributed by atoms with Crippen molar-refractivity contribution in [1.82, 2.24) is 23.6 Å². The second-order valence-corrected chi connectivity index (χ2v) is 12.0. The minimum Gasteiger partial charge on any atom is -0.392 e. The molecule has 2 aromatic heterocycles. The van der Waals surface area contributed by atoms with Crippen molar-refractivity contribution >= 4 is 11.2 Å². The maximum atomic E-state index is 12.8. The van der Waals surface area contributed by atoms with Crippen molar-refractivity contribution in [3.05, 3.63) is 27.2 Å². The molecule has 1 atom stereocenters. The summed E-state index contributed by atoms with van der Waals surface area (Å²) < 4.78 is 4.38. The molecule has 8 nitrogen and oxygen atoms in total. The highest BCUT2D eigenvalue weighted by Crippen LogP contribution is 2.14. The minimum absolute atomic E-state index is 0.294. The highest BCUT2D eigenvalue weighted by atomic mass is 16.3. The van der Waals surface area contributed by atoms with Crippen LogP contribution in [-0.4, -0.2) is 54.9 Å². The molecule has 0 aliphatic rings. The van der Waals surface area contributed by atoms with E-state index >= 15 is 0 Å². The van der Waals surface area contributed by atoms with E-state index in [-0.39, 0.29) is 17.4 Å². The molecule has 0 bridgehead atoms. The summed E-state index contributed by atoms with van der Waals surface area (Å²) >= 11 is 0. The largest absolute Gasteiger partial charge is 0.392 e. The summed E-state index contributed by atoms with van der Waals surface area (Å²) in [5, 5.41) is 10.5. The second kappa shape index (κ2) is 20.0. The third-order valence-corrected chi connectivity index (χ3v) is 8.29. The summed E-state index contributed by atoms with van der Waals surface area (Å²) in [7, 11) is 5.49. The molecular formula is C32H59N5O3. The van der Waals surface area contributed by atoms with Crippen LogP contribution in [0.25, 0.3) is 11.2 Å². The molecule has 2 aromatic rings. The molecule has 2 heterocycles. The highest BCUT2D eigenvalue weighted by molar-refractivity contribution is 5.69. The van der Waals surface area contributed by atoms with Gasteiger partial charge < -0.3 is 14.6 Å². The first-order chi connectivity index (χ1) is 19.4. The molecule has 230 valence electrons. The van der Waals surface area contributed by atoms with Crippen molar-refractivity contribution in [3.63, 3.8) is 0 Å². The number of aryl methyl sites for hydroxylation is 2. The van der Waals surface area contributed by atoms with Gasteiger partial charge in [-0.3, -0.25) is 13.9 Å². The number of unbranched alkanes of at least 4 members (excludes halogenated alkanes) is 16. The van der Waals surface area contributed by atoms with Gasteiger partial charge >= 0.3 is 5.69 Å². The van der Waals surface area contributed by atoms with Gasteiger partial charge in [-0.05, 0) is 39.3 Å². The first kappa shape index (κ1) is 34.3. The topological polar surface area (TPSA) is 85.3 Å². The lowest BCUT2D eigenvalue weighted by Gasteiger charge is -2.20. The van der Waals surface area contributed by atoms with Crippen LogP contribution in [0.4, 0.5) is 0 Å². The molecule has 0 aliphatic heterocycles. The van der Waals surface area contributed by atoms with E-state index in [0.29, 0.717) is 37.1 Å². The number of fused-ring (bicyclic) bond motifs is 1. The monoisotopic (exact) mass is 561 g/mol. The fourth-order valence-corrected chi connectivity index (χ4v) is 5.72. The van der Waals surface area contributed by atoms with E-state index in [0.717, 1.165) is 13.0 Å². The van der Waals surface area contributed by atoms with Crippen molar-refractivity contribution in [2.75, 3.05) is 20.1 Å². The maximum Gasteiger partial charge on any atom is 0.332 e. The molecule has 0 amide bonds. The Bertz CT molecular complexity index is 1060. The maximum absolute atomic E-state index is 12.8. The number of aliphatic hydroxyl groups excluding tert-OH is 1. The van der Waals surface area contributed by atoms with Gasteiger partial charge in [0.15, 0.2) is 11.2 Å². The van der Waals surface area contributed by atoms with Crippen LogP contribution in [0.15, 0.2) is 15.9 Å². The average Bonchev–Trinajstić information content (AvgIpc) is 3.32. The summed E-state index contributed by atoms with van der Waals surface area (Å²) in [4.78, 5) is 31.8. The Morgan fingerprint density at radius 3 is 1.88 bits per heavy atom. The van der Waals surface area contributed by atoms with Gasteiger partial charge in [-0.2, -0.15) is 0 Å². The Balaban J connectivity index is 1.45. The lowest BCUT2D eigenvalue weighted by Crippen LogP contribution is -2.39. The molecule has 0 radical (unpaired) electrons. The van der Waals surface area contributed by atoms with E-state index in [9.17, 15) is 14.7 Å². The number of likely N-dealkylation sites (N-methyl/N-ethyl adjacent to an activating group) is 1. The standard InChI is InChI=1S/C32H59N5O3/c1-5-6-7-8-9-10-11-12-13-14-15-16-17-18-19-21-24-34(2)26-28(38)23-20-22-25-37-31(39)29-30(33-27-35(29)3)36(4)32(37)40/h27-28,38H,5-26H2,1-4H3. The van der Waals surface area contributed by atoms with E-state index in [1.807, 2.05) is 0 Å². The molecule has 1 N–H and O–H groups in total. The van der Waals surface area contributed by atoms with Gasteiger partial charge in [0.25, 0.3) is 5.56 Å². The van der Waals surface area contributed by atoms with E-state index < -0.39 is 0 Å². The van der Waals surface area contributed by atoms with Gasteiger partial charge in [-0.15, -0.1) is 0 Å². The van der Waals surface area contributed by atoms with E-state index in [1.165, 1.54) is 112 Å². The quantitative estimate of drug-likeness (QED) is 0.155. The predicted octanol–water partition coefficient (Wildman–Crippen LogP) is 6.16. The fraction of sp³-hybridized carbons (Fsp3) is 0.844. The Hall–Kier alpha value is -1.93. The van der Waals surface area contributed by atoms with Crippen LogP contribution in [0.5, 0.6) is 0 Å². The number of imidazole rings is 1. The zero-order valence-electron chi connectivity index (χ0n) is 26.2. The number of hydrogen-bond donors (Lipinski definition) is 1. The Morgan fingerprint density at radius 2 is 1.32 bits per heavy atom. The van der Waals surface area contributed by atoms with Gasteiger partial charge in [0, 0.05) is 27.2 Å². The molecule has 0 spiro atoms. The van der Waals surface area contributed by atoms with Crippen molar-refractivity contribution in [1.29, 1.82) is 0 Å². The molecule has 0 fully saturated rings. The molecule has 0 saturated heterocycles. The summed E-state index contributed by atoms with van der Waals surface area (Å²) in [5.41, 5.74) is 0.224. The smallest absolute Gasteiger partial charge is 0.332 e. The molecule has 0 saturated carbocycles. The van der Waals surface area contributed by atoms with E-state index in [1.54, 1.807) is 25.0 Å². The summed E-state index contributed by atoms with van der Waals surface area (Å²) in [6.45, 7) is 4.32. The zero-order valence-corrected chi connectivity index (χ0v) is 26.2. The number of rotatable bonds is 24. The molecular weight excluding hydrogens is 502 g/mol. The van der Waals surface area contributed by atoms with Gasteiger partial charge in [-0.1, -0.05) is 103 Å². The third kappa shape index (κ3) is 12.3. The summed E-state index contributed by atoms with van der Waals surface area (Å²) in [5.74, 6) is 0. The zero-order chi connectivity index (χ0) is 29.2. The van der Waals surface area contributed by atoms with Gasteiger partial charge in [-0.25, -0.2) is 9.78 Å². The Kier molecular flexibility index (Phi) is 17.2. The van der Waals surface area contributed by atoms with Crippen molar-refractivity contribution in [2.24, 2.45) is 14.1 Å². The van der Waals surface area contributed by atoms with Gasteiger partial charge in [0.05, 0.1) is 12.4 Å². The van der Waals surface area contributed by atoms with Crippen LogP contribution >= 0.6 is 0 Å². The minimum atomic E-state index is -0.384. The van der Waals surface area contributed by atoms with E-state index in [4.69, 9.17) is 0 Å². The van der Waals surface area contributed by atoms with Crippen LogP contribution in [0, 0.1) is 0 Å². The SMILES string of the molecule is CCCCCCCCCCCCCCCCCCN(C)CC(O)CCCCn1c(=O)c2c(ncn2C)n(C)c1=O. The van der Waals surface area contributed by atoms with Crippen molar-refractivity contribution in [2.45, 2.75) is 142 Å². The number of hydrogen-bond acceptors (Lipinski definition) is 5. The second-order valence-electron chi connectivity index (χ2n) is 12.0. The molecule has 8 heteroatoms. The summed E-state index contributed by atoms with van der Waals surface area (Å²) in [6, 6.07) is 0. The van der Waals surface area contributed by atoms with Gasteiger partial charge in [0.1, 0.15) is 0 Å². The Morgan fingerprint density at radius 1 is 0.800 bits per heavy atom. The van der Waals surface area contributed by atoms with Crippen LogP contribution in [0.3, 0.4) is 0 Å². The lowest BCUT2D eigenvalue weighted by molar-refractivity contribution is 0.114. The van der Waals surface area contributed by atoms with Crippen LogP contribution in [0.2, 0.25) is 0 Å². The molecule has 0 aliphatic carbocycles. The fourth-order valence-electron chi connectivity index (χ4n) is 5.72. The highest BCUT2D eigenvalue weighted by Gasteiger charge is 2.15. The van der Waals surface area contributed by atoms with Gasteiger partial charge in [0.2, 0.25) is 0 Å². The number of aliphatic hydroxyl groups is 1. The summed E-state index contributed by atoms with van der Waals surface area (Å²) in [6.07, 6.45) is 25.3. The number of nitrogens with zero attached hydrogens (tertiary/aromatic N) is 5. The van der Waals surface area contributed by atoms with Crippen molar-refractivity contribution < 1.29 is 5.11 Å². The number of aromatic nitrogens is 4. The lowest BCUT2D eigenvalue weighted by atomic mass is 10.0.